The van der Waals surface area contributed by atoms with Crippen molar-refractivity contribution < 1.29 is 14.7 Å². The molecule has 0 bridgehead atoms. The fraction of sp³-hybridized carbons (Fsp3) is 0.364. The molecule has 0 saturated carbocycles. The lowest BCUT2D eigenvalue weighted by Gasteiger charge is -2.21. The molecule has 0 aliphatic rings. The molecule has 2 rings (SSSR count). The average Bonchev–Trinajstić information content (AvgIpc) is 2.63. The van der Waals surface area contributed by atoms with Crippen molar-refractivity contribution in [2.24, 2.45) is 0 Å². The Balaban J connectivity index is 2.14. The van der Waals surface area contributed by atoms with Gasteiger partial charge in [-0.2, -0.15) is 5.26 Å². The number of nitriles is 1. The second kappa shape index (κ2) is 8.72. The first-order valence-corrected chi connectivity index (χ1v) is 9.72. The summed E-state index contributed by atoms with van der Waals surface area (Å²) in [5, 5.41) is 25.0. The van der Waals surface area contributed by atoms with Gasteiger partial charge in [-0.25, -0.2) is 0 Å². The molecule has 8 heteroatoms. The van der Waals surface area contributed by atoms with E-state index in [0.717, 1.165) is 0 Å². The first kappa shape index (κ1) is 23.2. The molecule has 3 N–H and O–H groups in total. The number of aromatic nitrogens is 1. The van der Waals surface area contributed by atoms with Gasteiger partial charge in [0.1, 0.15) is 17.0 Å². The fourth-order valence-electron chi connectivity index (χ4n) is 2.73. The molecule has 0 radical (unpaired) electrons. The van der Waals surface area contributed by atoms with Crippen LogP contribution in [0.2, 0.25) is 5.02 Å². The standard InChI is InChI=1S/C22H25ClN4O3/c1-21(2,3)15-11-16(23)13(8-18(15)28)9-19(29)26-14-6-7-25-17(10-14)20(30)27-22(4,5)12-24/h6-8,10-11,28H,9H2,1-5H3,(H,27,30)(H,25,26,29). The summed E-state index contributed by atoms with van der Waals surface area (Å²) in [7, 11) is 0. The minimum Gasteiger partial charge on any atom is -0.508 e. The highest BCUT2D eigenvalue weighted by Crippen LogP contribution is 2.35. The molecule has 1 heterocycles. The molecule has 0 atom stereocenters. The normalized spacial score (nSPS) is 11.5. The van der Waals surface area contributed by atoms with E-state index in [4.69, 9.17) is 16.9 Å². The number of halogens is 1. The topological polar surface area (TPSA) is 115 Å². The molecule has 2 amide bonds. The van der Waals surface area contributed by atoms with Crippen molar-refractivity contribution >= 4 is 29.1 Å². The number of nitrogens with zero attached hydrogens (tertiary/aromatic N) is 2. The zero-order valence-electron chi connectivity index (χ0n) is 17.6. The summed E-state index contributed by atoms with van der Waals surface area (Å²) in [5.41, 5.74) is 0.297. The Morgan fingerprint density at radius 2 is 1.87 bits per heavy atom. The van der Waals surface area contributed by atoms with Gasteiger partial charge >= 0.3 is 0 Å². The van der Waals surface area contributed by atoms with Crippen LogP contribution in [0, 0.1) is 11.3 Å². The monoisotopic (exact) mass is 428 g/mol. The van der Waals surface area contributed by atoms with Crippen LogP contribution in [0.25, 0.3) is 0 Å². The first-order valence-electron chi connectivity index (χ1n) is 9.34. The summed E-state index contributed by atoms with van der Waals surface area (Å²) in [4.78, 5) is 28.7. The Morgan fingerprint density at radius 3 is 2.47 bits per heavy atom. The van der Waals surface area contributed by atoms with Crippen LogP contribution in [0.3, 0.4) is 0 Å². The van der Waals surface area contributed by atoms with Crippen LogP contribution in [-0.2, 0) is 16.6 Å². The Kier molecular flexibility index (Phi) is 6.73. The summed E-state index contributed by atoms with van der Waals surface area (Å²) in [6.07, 6.45) is 1.34. The van der Waals surface area contributed by atoms with E-state index in [1.165, 1.54) is 18.3 Å². The Hall–Kier alpha value is -3.11. The predicted molar refractivity (Wildman–Crippen MR) is 116 cm³/mol. The molecule has 2 aromatic rings. The minimum absolute atomic E-state index is 0.0534. The number of amides is 2. The molecule has 30 heavy (non-hydrogen) atoms. The highest BCUT2D eigenvalue weighted by Gasteiger charge is 2.22. The largest absolute Gasteiger partial charge is 0.508 e. The molecule has 0 fully saturated rings. The quantitative estimate of drug-likeness (QED) is 0.666. The lowest BCUT2D eigenvalue weighted by atomic mass is 9.85. The van der Waals surface area contributed by atoms with Crippen molar-refractivity contribution in [3.05, 3.63) is 52.3 Å². The van der Waals surface area contributed by atoms with Gasteiger partial charge < -0.3 is 15.7 Å². The maximum absolute atomic E-state index is 12.5. The number of anilines is 1. The number of phenolic OH excluding ortho intramolecular Hbond substituents is 1. The number of hydrogen-bond donors (Lipinski definition) is 3. The number of aromatic hydroxyl groups is 1. The molecular weight excluding hydrogens is 404 g/mol. The molecule has 0 saturated heterocycles. The summed E-state index contributed by atoms with van der Waals surface area (Å²) < 4.78 is 0. The number of carbonyl (C=O) groups is 2. The van der Waals surface area contributed by atoms with Gasteiger partial charge in [0.05, 0.1) is 12.5 Å². The van der Waals surface area contributed by atoms with Gasteiger partial charge in [-0.3, -0.25) is 14.6 Å². The van der Waals surface area contributed by atoms with Gasteiger partial charge in [0.2, 0.25) is 5.91 Å². The van der Waals surface area contributed by atoms with Crippen LogP contribution in [0.1, 0.15) is 56.2 Å². The van der Waals surface area contributed by atoms with E-state index < -0.39 is 11.4 Å². The summed E-state index contributed by atoms with van der Waals surface area (Å²) >= 11 is 6.32. The first-order chi connectivity index (χ1) is 13.8. The average molecular weight is 429 g/mol. The number of phenols is 1. The van der Waals surface area contributed by atoms with E-state index in [9.17, 15) is 14.7 Å². The summed E-state index contributed by atoms with van der Waals surface area (Å²) in [6.45, 7) is 9.01. The summed E-state index contributed by atoms with van der Waals surface area (Å²) in [5.74, 6) is -0.809. The third-order valence-corrected chi connectivity index (χ3v) is 4.66. The second-order valence-electron chi connectivity index (χ2n) is 8.56. The highest BCUT2D eigenvalue weighted by atomic mass is 35.5. The molecule has 158 valence electrons. The van der Waals surface area contributed by atoms with Gasteiger partial charge in [-0.15, -0.1) is 0 Å². The van der Waals surface area contributed by atoms with Crippen molar-refractivity contribution in [3.8, 4) is 11.8 Å². The van der Waals surface area contributed by atoms with E-state index in [-0.39, 0.29) is 29.2 Å². The van der Waals surface area contributed by atoms with Crippen LogP contribution in [-0.4, -0.2) is 27.4 Å². The van der Waals surface area contributed by atoms with Gasteiger partial charge in [0, 0.05) is 22.5 Å². The van der Waals surface area contributed by atoms with Crippen LogP contribution in [0.5, 0.6) is 5.75 Å². The Morgan fingerprint density at radius 1 is 1.20 bits per heavy atom. The van der Waals surface area contributed by atoms with E-state index in [0.29, 0.717) is 21.8 Å². The van der Waals surface area contributed by atoms with Crippen LogP contribution in [0.4, 0.5) is 5.69 Å². The van der Waals surface area contributed by atoms with Gasteiger partial charge in [0.25, 0.3) is 5.91 Å². The molecule has 0 aliphatic carbocycles. The molecule has 0 unspecified atom stereocenters. The number of carbonyl (C=O) groups excluding carboxylic acids is 2. The molecule has 0 aliphatic heterocycles. The number of hydrogen-bond acceptors (Lipinski definition) is 5. The number of benzene rings is 1. The second-order valence-corrected chi connectivity index (χ2v) is 8.96. The zero-order chi connectivity index (χ0) is 22.7. The Labute approximate surface area is 181 Å². The Bertz CT molecular complexity index is 1020. The lowest BCUT2D eigenvalue weighted by molar-refractivity contribution is -0.115. The summed E-state index contributed by atoms with van der Waals surface area (Å²) in [6, 6.07) is 8.11. The van der Waals surface area contributed by atoms with Crippen LogP contribution in [0.15, 0.2) is 30.5 Å². The zero-order valence-corrected chi connectivity index (χ0v) is 18.4. The molecule has 1 aromatic heterocycles. The van der Waals surface area contributed by atoms with Gasteiger partial charge in [0.15, 0.2) is 0 Å². The van der Waals surface area contributed by atoms with Gasteiger partial charge in [-0.1, -0.05) is 32.4 Å². The highest BCUT2D eigenvalue weighted by molar-refractivity contribution is 6.31. The van der Waals surface area contributed by atoms with E-state index >= 15 is 0 Å². The molecule has 0 spiro atoms. The van der Waals surface area contributed by atoms with Crippen molar-refractivity contribution in [1.82, 2.24) is 10.3 Å². The van der Waals surface area contributed by atoms with E-state index in [1.807, 2.05) is 26.8 Å². The van der Waals surface area contributed by atoms with Gasteiger partial charge in [-0.05, 0) is 49.1 Å². The van der Waals surface area contributed by atoms with Crippen molar-refractivity contribution in [2.45, 2.75) is 52.0 Å². The number of nitrogens with one attached hydrogen (secondary N) is 2. The lowest BCUT2D eigenvalue weighted by Crippen LogP contribution is -2.42. The SMILES string of the molecule is CC(C)(C#N)NC(=O)c1cc(NC(=O)Cc2cc(O)c(C(C)(C)C)cc2Cl)ccn1. The van der Waals surface area contributed by atoms with E-state index in [2.05, 4.69) is 15.6 Å². The van der Waals surface area contributed by atoms with Crippen molar-refractivity contribution in [1.29, 1.82) is 5.26 Å². The maximum atomic E-state index is 12.5. The number of rotatable bonds is 5. The predicted octanol–water partition coefficient (Wildman–Crippen LogP) is 3.95. The third-order valence-electron chi connectivity index (χ3n) is 4.31. The smallest absolute Gasteiger partial charge is 0.271 e. The van der Waals surface area contributed by atoms with Crippen LogP contribution < -0.4 is 10.6 Å². The maximum Gasteiger partial charge on any atom is 0.271 e. The fourth-order valence-corrected chi connectivity index (χ4v) is 2.96. The molecule has 1 aromatic carbocycles. The van der Waals surface area contributed by atoms with Crippen molar-refractivity contribution in [2.75, 3.05) is 5.32 Å². The number of pyridine rings is 1. The molecule has 7 nitrogen and oxygen atoms in total. The van der Waals surface area contributed by atoms with E-state index in [1.54, 1.807) is 26.0 Å². The molecular formula is C22H25ClN4O3. The minimum atomic E-state index is -1.05. The van der Waals surface area contributed by atoms with Crippen molar-refractivity contribution in [3.63, 3.8) is 0 Å². The third kappa shape index (κ3) is 5.94. The van der Waals surface area contributed by atoms with Crippen LogP contribution >= 0.6 is 11.6 Å².